The molecule has 198 valence electrons. The molecule has 0 aliphatic carbocycles. The standard InChI is InChI=1S/C26H35NO9/c1-25(2,3)23(30)33-13-17-20(29)21(36-24(31)26(4,5)6)19(22(32-7)35-17)27-15-10-8-14-9-11-18(28)34-16(14)12-15/h8-12,17,19-22,27,29H,13H2,1-7H3/t17-,19-,20-,21-,22+/m1/s1. The van der Waals surface area contributed by atoms with Crippen LogP contribution < -0.4 is 10.9 Å². The van der Waals surface area contributed by atoms with Gasteiger partial charge in [0.25, 0.3) is 0 Å². The van der Waals surface area contributed by atoms with E-state index in [1.54, 1.807) is 65.8 Å². The SMILES string of the molecule is CO[C@H]1O[C@H](COC(=O)C(C)(C)C)[C@@H](O)[C@H](OC(=O)C(C)(C)C)[C@H]1Nc1ccc2ccc(=O)oc2c1. The number of fused-ring (bicyclic) bond motifs is 1. The molecule has 2 heterocycles. The van der Waals surface area contributed by atoms with E-state index in [1.807, 2.05) is 0 Å². The molecule has 0 unspecified atom stereocenters. The second-order valence-corrected chi connectivity index (χ2v) is 10.9. The average molecular weight is 506 g/mol. The summed E-state index contributed by atoms with van der Waals surface area (Å²) < 4.78 is 27.8. The number of ether oxygens (including phenoxy) is 4. The zero-order valence-electron chi connectivity index (χ0n) is 21.7. The number of aliphatic hydroxyl groups excluding tert-OH is 1. The Morgan fingerprint density at radius 1 is 1.03 bits per heavy atom. The third kappa shape index (κ3) is 6.43. The number of benzene rings is 1. The molecule has 1 aromatic carbocycles. The highest BCUT2D eigenvalue weighted by molar-refractivity contribution is 5.80. The minimum atomic E-state index is -1.34. The van der Waals surface area contributed by atoms with Crippen molar-refractivity contribution in [2.45, 2.75) is 72.2 Å². The predicted molar refractivity (Wildman–Crippen MR) is 131 cm³/mol. The number of carbonyl (C=O) groups excluding carboxylic acids is 2. The lowest BCUT2D eigenvalue weighted by Crippen LogP contribution is -2.63. The average Bonchev–Trinajstić information content (AvgIpc) is 2.78. The van der Waals surface area contributed by atoms with Gasteiger partial charge in [0.2, 0.25) is 0 Å². The summed E-state index contributed by atoms with van der Waals surface area (Å²) in [4.78, 5) is 36.7. The van der Waals surface area contributed by atoms with Gasteiger partial charge in [0.05, 0.1) is 10.8 Å². The van der Waals surface area contributed by atoms with Gasteiger partial charge in [0, 0.05) is 30.3 Å². The summed E-state index contributed by atoms with van der Waals surface area (Å²) in [5.41, 5.74) is -1.20. The van der Waals surface area contributed by atoms with Crippen LogP contribution in [0.3, 0.4) is 0 Å². The Balaban J connectivity index is 1.91. The van der Waals surface area contributed by atoms with Gasteiger partial charge in [0.1, 0.15) is 30.4 Å². The van der Waals surface area contributed by atoms with Crippen LogP contribution in [-0.4, -0.2) is 61.4 Å². The number of hydrogen-bond donors (Lipinski definition) is 2. The van der Waals surface area contributed by atoms with Crippen LogP contribution in [0, 0.1) is 10.8 Å². The first-order valence-electron chi connectivity index (χ1n) is 11.8. The van der Waals surface area contributed by atoms with Crippen LogP contribution in [0.25, 0.3) is 11.0 Å². The highest BCUT2D eigenvalue weighted by Crippen LogP contribution is 2.30. The van der Waals surface area contributed by atoms with E-state index in [4.69, 9.17) is 23.4 Å². The van der Waals surface area contributed by atoms with Gasteiger partial charge in [-0.25, -0.2) is 4.79 Å². The van der Waals surface area contributed by atoms with Gasteiger partial charge < -0.3 is 33.8 Å². The van der Waals surface area contributed by atoms with Crippen molar-refractivity contribution in [2.24, 2.45) is 10.8 Å². The number of hydrogen-bond acceptors (Lipinski definition) is 10. The topological polar surface area (TPSA) is 134 Å². The molecular formula is C26H35NO9. The summed E-state index contributed by atoms with van der Waals surface area (Å²) in [6.07, 6.45) is -4.45. The van der Waals surface area contributed by atoms with Gasteiger partial charge in [-0.2, -0.15) is 0 Å². The Kier molecular flexibility index (Phi) is 8.12. The highest BCUT2D eigenvalue weighted by Gasteiger charge is 2.49. The second kappa shape index (κ2) is 10.6. The lowest BCUT2D eigenvalue weighted by molar-refractivity contribution is -0.262. The number of carbonyl (C=O) groups is 2. The van der Waals surface area contributed by atoms with Gasteiger partial charge in [-0.1, -0.05) is 0 Å². The Bertz CT molecular complexity index is 1140. The minimum absolute atomic E-state index is 0.255. The quantitative estimate of drug-likeness (QED) is 0.446. The Labute approximate surface area is 209 Å². The first-order valence-corrected chi connectivity index (χ1v) is 11.8. The van der Waals surface area contributed by atoms with Gasteiger partial charge in [0.15, 0.2) is 12.4 Å². The predicted octanol–water partition coefficient (Wildman–Crippen LogP) is 2.85. The molecule has 1 fully saturated rings. The summed E-state index contributed by atoms with van der Waals surface area (Å²) in [5, 5.41) is 15.1. The lowest BCUT2D eigenvalue weighted by Gasteiger charge is -2.44. The van der Waals surface area contributed by atoms with E-state index in [-0.39, 0.29) is 6.61 Å². The van der Waals surface area contributed by atoms with E-state index < -0.39 is 59.0 Å². The number of esters is 2. The fraction of sp³-hybridized carbons (Fsp3) is 0.577. The number of methoxy groups -OCH3 is 1. The molecule has 0 bridgehead atoms. The highest BCUT2D eigenvalue weighted by atomic mass is 16.7. The third-order valence-electron chi connectivity index (χ3n) is 5.71. The summed E-state index contributed by atoms with van der Waals surface area (Å²) in [7, 11) is 1.41. The van der Waals surface area contributed by atoms with Gasteiger partial charge in [-0.3, -0.25) is 9.59 Å². The van der Waals surface area contributed by atoms with Crippen LogP contribution in [0.2, 0.25) is 0 Å². The maximum atomic E-state index is 12.8. The molecule has 36 heavy (non-hydrogen) atoms. The summed E-state index contributed by atoms with van der Waals surface area (Å²) in [6.45, 7) is 9.98. The molecule has 1 aromatic heterocycles. The molecular weight excluding hydrogens is 470 g/mol. The molecule has 1 saturated heterocycles. The van der Waals surface area contributed by atoms with Crippen LogP contribution in [0.4, 0.5) is 5.69 Å². The zero-order valence-corrected chi connectivity index (χ0v) is 21.7. The van der Waals surface area contributed by atoms with Gasteiger partial charge >= 0.3 is 17.6 Å². The molecule has 10 nitrogen and oxygen atoms in total. The van der Waals surface area contributed by atoms with E-state index in [1.165, 1.54) is 13.2 Å². The van der Waals surface area contributed by atoms with Crippen molar-refractivity contribution in [3.8, 4) is 0 Å². The van der Waals surface area contributed by atoms with Crippen molar-refractivity contribution in [3.63, 3.8) is 0 Å². The lowest BCUT2D eigenvalue weighted by atomic mass is 9.93. The van der Waals surface area contributed by atoms with E-state index in [0.29, 0.717) is 11.3 Å². The summed E-state index contributed by atoms with van der Waals surface area (Å²) in [6, 6.07) is 7.26. The van der Waals surface area contributed by atoms with Crippen molar-refractivity contribution < 1.29 is 38.1 Å². The van der Waals surface area contributed by atoms with Crippen molar-refractivity contribution in [2.75, 3.05) is 19.0 Å². The molecule has 0 amide bonds. The first kappa shape index (κ1) is 27.6. The maximum Gasteiger partial charge on any atom is 0.336 e. The Hall–Kier alpha value is -2.95. The van der Waals surface area contributed by atoms with Crippen LogP contribution in [0.15, 0.2) is 39.5 Å². The van der Waals surface area contributed by atoms with Crippen LogP contribution in [0.1, 0.15) is 41.5 Å². The maximum absolute atomic E-state index is 12.8. The van der Waals surface area contributed by atoms with E-state index in [2.05, 4.69) is 5.32 Å². The molecule has 1 aliphatic heterocycles. The Morgan fingerprint density at radius 2 is 1.67 bits per heavy atom. The monoisotopic (exact) mass is 505 g/mol. The minimum Gasteiger partial charge on any atom is -0.462 e. The zero-order chi connectivity index (χ0) is 26.8. The van der Waals surface area contributed by atoms with Crippen LogP contribution in [0.5, 0.6) is 0 Å². The van der Waals surface area contributed by atoms with Crippen LogP contribution in [-0.2, 0) is 28.5 Å². The van der Waals surface area contributed by atoms with E-state index in [0.717, 1.165) is 5.39 Å². The smallest absolute Gasteiger partial charge is 0.336 e. The number of nitrogens with one attached hydrogen (secondary N) is 1. The van der Waals surface area contributed by atoms with Crippen molar-refractivity contribution in [1.29, 1.82) is 0 Å². The number of aliphatic hydroxyl groups is 1. The molecule has 1 aliphatic rings. The molecule has 3 rings (SSSR count). The first-order chi connectivity index (χ1) is 16.7. The largest absolute Gasteiger partial charge is 0.462 e. The summed E-state index contributed by atoms with van der Waals surface area (Å²) in [5.74, 6) is -1.00. The van der Waals surface area contributed by atoms with Crippen molar-refractivity contribution in [1.82, 2.24) is 0 Å². The summed E-state index contributed by atoms with van der Waals surface area (Å²) >= 11 is 0. The van der Waals surface area contributed by atoms with Crippen LogP contribution >= 0.6 is 0 Å². The number of anilines is 1. The molecule has 0 radical (unpaired) electrons. The molecule has 5 atom stereocenters. The third-order valence-corrected chi connectivity index (χ3v) is 5.71. The molecule has 2 N–H and O–H groups in total. The van der Waals surface area contributed by atoms with Gasteiger partial charge in [-0.05, 0) is 59.7 Å². The fourth-order valence-corrected chi connectivity index (χ4v) is 3.57. The van der Waals surface area contributed by atoms with Crippen molar-refractivity contribution in [3.05, 3.63) is 40.8 Å². The molecule has 0 saturated carbocycles. The second-order valence-electron chi connectivity index (χ2n) is 10.9. The molecule has 10 heteroatoms. The molecule has 2 aromatic rings. The molecule has 0 spiro atoms. The van der Waals surface area contributed by atoms with Crippen molar-refractivity contribution >= 4 is 28.6 Å². The van der Waals surface area contributed by atoms with Gasteiger partial charge in [-0.15, -0.1) is 0 Å². The van der Waals surface area contributed by atoms with E-state index >= 15 is 0 Å². The normalized spacial score (nSPS) is 24.8. The number of rotatable bonds is 6. The van der Waals surface area contributed by atoms with E-state index in [9.17, 15) is 19.5 Å². The fourth-order valence-electron chi connectivity index (χ4n) is 3.57. The Morgan fingerprint density at radius 3 is 2.28 bits per heavy atom.